The number of fused-ring (bicyclic) bond motifs is 1. The van der Waals surface area contributed by atoms with Gasteiger partial charge in [0.25, 0.3) is 0 Å². The number of nitrogens with one attached hydrogen (secondary N) is 1. The Morgan fingerprint density at radius 1 is 1.23 bits per heavy atom. The quantitative estimate of drug-likeness (QED) is 0.703. The van der Waals surface area contributed by atoms with Crippen molar-refractivity contribution in [1.82, 2.24) is 15.0 Å². The normalized spacial score (nSPS) is 16.0. The molecule has 4 rings (SSSR count). The van der Waals surface area contributed by atoms with Crippen LogP contribution in [0.3, 0.4) is 0 Å². The summed E-state index contributed by atoms with van der Waals surface area (Å²) in [5.41, 5.74) is 2.70. The number of aromatic amines is 1. The van der Waals surface area contributed by atoms with E-state index in [1.807, 2.05) is 18.2 Å². The highest BCUT2D eigenvalue weighted by atomic mass is 32.2. The largest absolute Gasteiger partial charge is 0.480 e. The van der Waals surface area contributed by atoms with E-state index >= 15 is 0 Å². The summed E-state index contributed by atoms with van der Waals surface area (Å²) in [7, 11) is 0. The van der Waals surface area contributed by atoms with Crippen LogP contribution in [0.2, 0.25) is 0 Å². The van der Waals surface area contributed by atoms with Gasteiger partial charge in [-0.1, -0.05) is 20.8 Å². The van der Waals surface area contributed by atoms with Gasteiger partial charge in [0, 0.05) is 27.4 Å². The average Bonchev–Trinajstić information content (AvgIpc) is 3.25. The van der Waals surface area contributed by atoms with Crippen LogP contribution in [0.15, 0.2) is 41.4 Å². The molecule has 1 aromatic carbocycles. The van der Waals surface area contributed by atoms with Gasteiger partial charge in [0.05, 0.1) is 11.4 Å². The minimum atomic E-state index is -0.715. The van der Waals surface area contributed by atoms with E-state index in [9.17, 15) is 9.90 Å². The molecule has 2 N–H and O–H groups in total. The van der Waals surface area contributed by atoms with Gasteiger partial charge in [0.2, 0.25) is 0 Å². The van der Waals surface area contributed by atoms with Crippen molar-refractivity contribution >= 4 is 28.6 Å². The lowest BCUT2D eigenvalue weighted by Crippen LogP contribution is -2.16. The summed E-state index contributed by atoms with van der Waals surface area (Å²) in [5.74, 6) is 0.0927. The molecule has 1 fully saturated rings. The van der Waals surface area contributed by atoms with E-state index < -0.39 is 10.7 Å². The predicted molar refractivity (Wildman–Crippen MR) is 103 cm³/mol. The van der Waals surface area contributed by atoms with Crippen molar-refractivity contribution in [2.24, 2.45) is 0 Å². The molecule has 0 bridgehead atoms. The number of hydrogen-bond acceptors (Lipinski definition) is 4. The molecule has 6 heteroatoms. The number of benzene rings is 1. The number of aliphatic carboxylic acids is 1. The van der Waals surface area contributed by atoms with Crippen LogP contribution in [-0.2, 0) is 10.2 Å². The number of thioether (sulfide) groups is 1. The molecule has 1 aliphatic carbocycles. The second-order valence-corrected chi connectivity index (χ2v) is 9.31. The third kappa shape index (κ3) is 3.09. The predicted octanol–water partition coefficient (Wildman–Crippen LogP) is 4.63. The minimum Gasteiger partial charge on any atom is -0.480 e. The van der Waals surface area contributed by atoms with Gasteiger partial charge in [0.1, 0.15) is 10.6 Å². The van der Waals surface area contributed by atoms with Gasteiger partial charge in [-0.25, -0.2) is 9.97 Å². The van der Waals surface area contributed by atoms with Crippen LogP contribution in [0.4, 0.5) is 0 Å². The third-order valence-electron chi connectivity index (χ3n) is 4.60. The van der Waals surface area contributed by atoms with E-state index in [4.69, 9.17) is 4.98 Å². The summed E-state index contributed by atoms with van der Waals surface area (Å²) < 4.78 is -0.624. The third-order valence-corrected chi connectivity index (χ3v) is 6.06. The highest BCUT2D eigenvalue weighted by Crippen LogP contribution is 2.52. The first-order chi connectivity index (χ1) is 12.3. The van der Waals surface area contributed by atoms with E-state index in [2.05, 4.69) is 42.9 Å². The van der Waals surface area contributed by atoms with Crippen LogP contribution in [-0.4, -0.2) is 30.8 Å². The Labute approximate surface area is 156 Å². The first-order valence-electron chi connectivity index (χ1n) is 8.66. The Hall–Kier alpha value is -2.34. The molecule has 2 aromatic heterocycles. The molecule has 26 heavy (non-hydrogen) atoms. The van der Waals surface area contributed by atoms with Gasteiger partial charge in [-0.15, -0.1) is 11.8 Å². The minimum absolute atomic E-state index is 0.110. The number of rotatable bonds is 4. The lowest BCUT2D eigenvalue weighted by Gasteiger charge is -2.16. The summed E-state index contributed by atoms with van der Waals surface area (Å²) in [6.45, 7) is 6.28. The molecular weight excluding hydrogens is 346 g/mol. The van der Waals surface area contributed by atoms with E-state index in [1.165, 1.54) is 11.8 Å². The molecule has 134 valence electrons. The number of carbonyl (C=O) groups is 1. The fourth-order valence-electron chi connectivity index (χ4n) is 2.88. The lowest BCUT2D eigenvalue weighted by molar-refractivity contribution is -0.137. The smallest absolute Gasteiger partial charge is 0.320 e. The molecule has 0 aliphatic heterocycles. The molecule has 1 aliphatic rings. The van der Waals surface area contributed by atoms with Crippen molar-refractivity contribution in [3.8, 4) is 11.4 Å². The topological polar surface area (TPSA) is 78.9 Å². The first-order valence-corrected chi connectivity index (χ1v) is 9.48. The number of nitrogens with zero attached hydrogens (tertiary/aromatic N) is 2. The number of carboxylic acids is 1. The Morgan fingerprint density at radius 2 is 2.00 bits per heavy atom. The molecule has 3 aromatic rings. The zero-order chi connectivity index (χ0) is 18.5. The van der Waals surface area contributed by atoms with Crippen molar-refractivity contribution in [3.05, 3.63) is 42.4 Å². The Bertz CT molecular complexity index is 1000. The number of aromatic nitrogens is 3. The average molecular weight is 367 g/mol. The van der Waals surface area contributed by atoms with Gasteiger partial charge in [-0.3, -0.25) is 4.79 Å². The molecule has 0 unspecified atom stereocenters. The summed E-state index contributed by atoms with van der Waals surface area (Å²) in [6, 6.07) is 10.0. The van der Waals surface area contributed by atoms with Crippen LogP contribution in [0, 0.1) is 0 Å². The van der Waals surface area contributed by atoms with Gasteiger partial charge >= 0.3 is 5.97 Å². The van der Waals surface area contributed by atoms with E-state index in [1.54, 1.807) is 6.20 Å². The molecule has 0 atom stereocenters. The molecule has 0 radical (unpaired) electrons. The van der Waals surface area contributed by atoms with Gasteiger partial charge in [-0.05, 0) is 43.2 Å². The van der Waals surface area contributed by atoms with E-state index in [0.29, 0.717) is 0 Å². The van der Waals surface area contributed by atoms with E-state index in [-0.39, 0.29) is 5.41 Å². The van der Waals surface area contributed by atoms with Crippen LogP contribution in [0.1, 0.15) is 39.4 Å². The van der Waals surface area contributed by atoms with Gasteiger partial charge < -0.3 is 10.1 Å². The zero-order valence-electron chi connectivity index (χ0n) is 15.0. The van der Waals surface area contributed by atoms with Crippen molar-refractivity contribution in [3.63, 3.8) is 0 Å². The Balaban J connectivity index is 1.67. The number of hydrogen-bond donors (Lipinski definition) is 2. The summed E-state index contributed by atoms with van der Waals surface area (Å²) >= 11 is 1.45. The molecule has 1 saturated carbocycles. The van der Waals surface area contributed by atoms with Crippen molar-refractivity contribution in [2.75, 3.05) is 0 Å². The maximum absolute atomic E-state index is 11.4. The fourth-order valence-corrected chi connectivity index (χ4v) is 4.05. The summed E-state index contributed by atoms with van der Waals surface area (Å²) in [5, 5.41) is 10.4. The van der Waals surface area contributed by atoms with Crippen LogP contribution in [0.25, 0.3) is 22.3 Å². The van der Waals surface area contributed by atoms with Crippen molar-refractivity contribution < 1.29 is 9.90 Å². The molecule has 5 nitrogen and oxygen atoms in total. The van der Waals surface area contributed by atoms with Gasteiger partial charge in [-0.2, -0.15) is 0 Å². The fraction of sp³-hybridized carbons (Fsp3) is 0.350. The highest BCUT2D eigenvalue weighted by Gasteiger charge is 2.51. The second kappa shape index (κ2) is 5.84. The second-order valence-electron chi connectivity index (χ2n) is 7.85. The highest BCUT2D eigenvalue weighted by molar-refractivity contribution is 8.01. The molecule has 0 amide bonds. The zero-order valence-corrected chi connectivity index (χ0v) is 15.9. The SMILES string of the molecule is CC(C)(C)c1nccc(-c2cc3cc(SC4(C(=O)O)CC4)ccc3[nH]2)n1. The monoisotopic (exact) mass is 367 g/mol. The number of carboxylic acid groups (broad SMARTS) is 1. The van der Waals surface area contributed by atoms with Gasteiger partial charge in [0.15, 0.2) is 0 Å². The van der Waals surface area contributed by atoms with Crippen LogP contribution < -0.4 is 0 Å². The van der Waals surface area contributed by atoms with Crippen molar-refractivity contribution in [1.29, 1.82) is 0 Å². The van der Waals surface area contributed by atoms with E-state index in [0.717, 1.165) is 45.9 Å². The Kier molecular flexibility index (Phi) is 3.84. The number of H-pyrrole nitrogens is 1. The molecule has 0 saturated heterocycles. The first kappa shape index (κ1) is 17.1. The maximum Gasteiger partial charge on any atom is 0.320 e. The molecular formula is C20H21N3O2S. The maximum atomic E-state index is 11.4. The molecule has 0 spiro atoms. The van der Waals surface area contributed by atoms with Crippen molar-refractivity contribution in [2.45, 2.75) is 48.7 Å². The molecule has 2 heterocycles. The van der Waals surface area contributed by atoms with Crippen LogP contribution >= 0.6 is 11.8 Å². The summed E-state index contributed by atoms with van der Waals surface area (Å²) in [4.78, 5) is 24.9. The lowest BCUT2D eigenvalue weighted by atomic mass is 9.95. The standard InChI is InChI=1S/C20H21N3O2S/c1-19(2,3)17-21-9-6-15(23-17)16-11-12-10-13(4-5-14(12)22-16)26-20(7-8-20)18(24)25/h4-6,9-11,22H,7-8H2,1-3H3,(H,24,25). The Morgan fingerprint density at radius 3 is 2.65 bits per heavy atom. The van der Waals surface area contributed by atoms with Crippen LogP contribution in [0.5, 0.6) is 0 Å². The summed E-state index contributed by atoms with van der Waals surface area (Å²) in [6.07, 6.45) is 3.26.